The lowest BCUT2D eigenvalue weighted by molar-refractivity contribution is 0.102. The number of ether oxygens (including phenoxy) is 3. The van der Waals surface area contributed by atoms with Crippen LogP contribution in [0.1, 0.15) is 34.3 Å². The van der Waals surface area contributed by atoms with E-state index in [4.69, 9.17) is 18.7 Å². The third-order valence-electron chi connectivity index (χ3n) is 5.16. The molecule has 3 aromatic carbocycles. The van der Waals surface area contributed by atoms with Gasteiger partial charge in [0.25, 0.3) is 5.91 Å². The fourth-order valence-electron chi connectivity index (χ4n) is 3.34. The number of aryl methyl sites for hydroxylation is 2. The van der Waals surface area contributed by atoms with Crippen molar-refractivity contribution < 1.29 is 23.5 Å². The highest BCUT2D eigenvalue weighted by Gasteiger charge is 2.13. The Kier molecular flexibility index (Phi) is 7.13. The highest BCUT2D eigenvalue weighted by atomic mass is 16.5. The van der Waals surface area contributed by atoms with Crippen molar-refractivity contribution in [2.75, 3.05) is 11.9 Å². The predicted octanol–water partition coefficient (Wildman–Crippen LogP) is 6.31. The van der Waals surface area contributed by atoms with Crippen LogP contribution in [0, 0.1) is 13.8 Å². The number of hydrogen-bond acceptors (Lipinski definition) is 6. The Hall–Kier alpha value is -4.26. The monoisotopic (exact) mass is 458 g/mol. The van der Waals surface area contributed by atoms with Crippen molar-refractivity contribution in [2.24, 2.45) is 0 Å². The van der Waals surface area contributed by atoms with Crippen LogP contribution in [0.15, 0.2) is 77.3 Å². The van der Waals surface area contributed by atoms with E-state index in [1.54, 1.807) is 36.4 Å². The van der Waals surface area contributed by atoms with Crippen molar-refractivity contribution in [2.45, 2.75) is 27.4 Å². The van der Waals surface area contributed by atoms with Gasteiger partial charge in [0.1, 0.15) is 29.6 Å². The Morgan fingerprint density at radius 2 is 1.68 bits per heavy atom. The molecule has 0 saturated carbocycles. The summed E-state index contributed by atoms with van der Waals surface area (Å²) in [6, 6.07) is 21.6. The average Bonchev–Trinajstić information content (AvgIpc) is 3.17. The van der Waals surface area contributed by atoms with Gasteiger partial charge in [0.05, 0.1) is 23.6 Å². The van der Waals surface area contributed by atoms with Crippen molar-refractivity contribution in [3.63, 3.8) is 0 Å². The van der Waals surface area contributed by atoms with E-state index in [9.17, 15) is 4.79 Å². The molecule has 7 heteroatoms. The number of rotatable bonds is 9. The van der Waals surface area contributed by atoms with Crippen molar-refractivity contribution in [3.05, 3.63) is 95.4 Å². The van der Waals surface area contributed by atoms with Crippen LogP contribution >= 0.6 is 0 Å². The van der Waals surface area contributed by atoms with E-state index in [-0.39, 0.29) is 5.91 Å². The summed E-state index contributed by atoms with van der Waals surface area (Å²) in [5, 5.41) is 6.86. The molecule has 0 bridgehead atoms. The van der Waals surface area contributed by atoms with Gasteiger partial charge in [-0.15, -0.1) is 0 Å². The maximum absolute atomic E-state index is 13.0. The van der Waals surface area contributed by atoms with E-state index in [1.165, 1.54) is 0 Å². The molecule has 4 rings (SSSR count). The lowest BCUT2D eigenvalue weighted by Crippen LogP contribution is -2.12. The third-order valence-corrected chi connectivity index (χ3v) is 5.16. The Balaban J connectivity index is 1.44. The van der Waals surface area contributed by atoms with E-state index in [1.807, 2.05) is 57.2 Å². The van der Waals surface area contributed by atoms with Crippen molar-refractivity contribution in [3.8, 4) is 23.0 Å². The summed E-state index contributed by atoms with van der Waals surface area (Å²) < 4.78 is 22.5. The van der Waals surface area contributed by atoms with E-state index in [0.29, 0.717) is 41.7 Å². The molecule has 0 fully saturated rings. The number of para-hydroxylation sites is 2. The molecule has 4 aromatic rings. The first-order valence-corrected chi connectivity index (χ1v) is 11.0. The first-order chi connectivity index (χ1) is 16.5. The number of hydrogen-bond donors (Lipinski definition) is 1. The van der Waals surface area contributed by atoms with Crippen LogP contribution in [0.3, 0.4) is 0 Å². The second-order valence-corrected chi connectivity index (χ2v) is 7.58. The largest absolute Gasteiger partial charge is 0.494 e. The predicted molar refractivity (Wildman–Crippen MR) is 129 cm³/mol. The molecule has 1 aromatic heterocycles. The zero-order valence-corrected chi connectivity index (χ0v) is 19.3. The standard InChI is InChI=1S/C27H26N2O5/c1-4-31-21-12-14-22(15-13-21)33-26-11-6-5-10-25(26)28-27(30)20-8-7-9-23(16-20)32-17-24-18(2)29-34-19(24)3/h5-16H,4,17H2,1-3H3,(H,28,30). The van der Waals surface area contributed by atoms with Crippen LogP contribution in [-0.4, -0.2) is 17.7 Å². The number of nitrogens with zero attached hydrogens (tertiary/aromatic N) is 1. The van der Waals surface area contributed by atoms with Gasteiger partial charge in [-0.3, -0.25) is 4.79 Å². The normalized spacial score (nSPS) is 10.6. The molecule has 0 atom stereocenters. The van der Waals surface area contributed by atoms with Gasteiger partial charge in [-0.1, -0.05) is 23.4 Å². The molecule has 7 nitrogen and oxygen atoms in total. The van der Waals surface area contributed by atoms with Crippen LogP contribution in [0.5, 0.6) is 23.0 Å². The molecule has 1 heterocycles. The van der Waals surface area contributed by atoms with Crippen LogP contribution in [0.4, 0.5) is 5.69 Å². The molecule has 0 aliphatic carbocycles. The zero-order chi connectivity index (χ0) is 23.9. The summed E-state index contributed by atoms with van der Waals surface area (Å²) in [5.74, 6) is 2.96. The van der Waals surface area contributed by atoms with Crippen LogP contribution in [-0.2, 0) is 6.61 Å². The molecule has 0 aliphatic rings. The molecular formula is C27H26N2O5. The quantitative estimate of drug-likeness (QED) is 0.316. The van der Waals surface area contributed by atoms with Crippen molar-refractivity contribution in [1.82, 2.24) is 5.16 Å². The number of anilines is 1. The van der Waals surface area contributed by atoms with Gasteiger partial charge in [-0.05, 0) is 75.4 Å². The SMILES string of the molecule is CCOc1ccc(Oc2ccccc2NC(=O)c2cccc(OCc3c(C)noc3C)c2)cc1. The highest BCUT2D eigenvalue weighted by Crippen LogP contribution is 2.31. The van der Waals surface area contributed by atoms with Gasteiger partial charge >= 0.3 is 0 Å². The summed E-state index contributed by atoms with van der Waals surface area (Å²) in [5.41, 5.74) is 2.71. The summed E-state index contributed by atoms with van der Waals surface area (Å²) >= 11 is 0. The Bertz CT molecular complexity index is 1240. The van der Waals surface area contributed by atoms with Gasteiger partial charge < -0.3 is 24.1 Å². The summed E-state index contributed by atoms with van der Waals surface area (Å²) in [7, 11) is 0. The van der Waals surface area contributed by atoms with E-state index < -0.39 is 0 Å². The van der Waals surface area contributed by atoms with Gasteiger partial charge in [-0.25, -0.2) is 0 Å². The smallest absolute Gasteiger partial charge is 0.255 e. The molecular weight excluding hydrogens is 432 g/mol. The molecule has 0 spiro atoms. The fraction of sp³-hybridized carbons (Fsp3) is 0.185. The Morgan fingerprint density at radius 3 is 2.41 bits per heavy atom. The zero-order valence-electron chi connectivity index (χ0n) is 19.3. The highest BCUT2D eigenvalue weighted by molar-refractivity contribution is 6.05. The number of aromatic nitrogens is 1. The van der Waals surface area contributed by atoms with Crippen LogP contribution in [0.25, 0.3) is 0 Å². The number of benzene rings is 3. The summed E-state index contributed by atoms with van der Waals surface area (Å²) in [6.45, 7) is 6.55. The second kappa shape index (κ2) is 10.6. The van der Waals surface area contributed by atoms with E-state index >= 15 is 0 Å². The van der Waals surface area contributed by atoms with Crippen LogP contribution < -0.4 is 19.5 Å². The minimum atomic E-state index is -0.273. The van der Waals surface area contributed by atoms with E-state index in [2.05, 4.69) is 10.5 Å². The molecule has 0 saturated heterocycles. The summed E-state index contributed by atoms with van der Waals surface area (Å²) in [4.78, 5) is 13.0. The first kappa shape index (κ1) is 22.9. The molecule has 0 radical (unpaired) electrons. The Morgan fingerprint density at radius 1 is 0.912 bits per heavy atom. The minimum Gasteiger partial charge on any atom is -0.494 e. The van der Waals surface area contributed by atoms with Crippen molar-refractivity contribution >= 4 is 11.6 Å². The fourth-order valence-corrected chi connectivity index (χ4v) is 3.34. The maximum Gasteiger partial charge on any atom is 0.255 e. The van der Waals surface area contributed by atoms with Gasteiger partial charge in [0, 0.05) is 5.56 Å². The van der Waals surface area contributed by atoms with E-state index in [0.717, 1.165) is 22.8 Å². The number of nitrogens with one attached hydrogen (secondary N) is 1. The number of carbonyl (C=O) groups is 1. The van der Waals surface area contributed by atoms with Gasteiger partial charge in [-0.2, -0.15) is 0 Å². The van der Waals surface area contributed by atoms with Gasteiger partial charge in [0.15, 0.2) is 5.75 Å². The molecule has 0 aliphatic heterocycles. The molecule has 0 unspecified atom stereocenters. The topological polar surface area (TPSA) is 82.8 Å². The average molecular weight is 459 g/mol. The van der Waals surface area contributed by atoms with Gasteiger partial charge in [0.2, 0.25) is 0 Å². The molecule has 1 N–H and O–H groups in total. The lowest BCUT2D eigenvalue weighted by Gasteiger charge is -2.13. The second-order valence-electron chi connectivity index (χ2n) is 7.58. The molecule has 174 valence electrons. The summed E-state index contributed by atoms with van der Waals surface area (Å²) in [6.07, 6.45) is 0. The maximum atomic E-state index is 13.0. The molecule has 34 heavy (non-hydrogen) atoms. The number of amides is 1. The first-order valence-electron chi connectivity index (χ1n) is 11.0. The van der Waals surface area contributed by atoms with Crippen molar-refractivity contribution in [1.29, 1.82) is 0 Å². The number of carbonyl (C=O) groups excluding carboxylic acids is 1. The third kappa shape index (κ3) is 5.56. The molecule has 1 amide bonds. The minimum absolute atomic E-state index is 0.273. The van der Waals surface area contributed by atoms with Crippen LogP contribution in [0.2, 0.25) is 0 Å². The lowest BCUT2D eigenvalue weighted by atomic mass is 10.2. The Labute approximate surface area is 198 Å².